The molecule has 2 rings (SSSR count). The second-order valence-corrected chi connectivity index (χ2v) is 4.80. The maximum absolute atomic E-state index is 11.8. The minimum Gasteiger partial charge on any atom is -0.395 e. The first kappa shape index (κ1) is 13.6. The first-order valence-electron chi connectivity index (χ1n) is 4.98. The molecule has 1 amide bonds. The molecule has 0 radical (unpaired) electrons. The number of hydrogen-bond donors (Lipinski definition) is 1. The first-order chi connectivity index (χ1) is 8.97. The highest BCUT2D eigenvalue weighted by atomic mass is 79.9. The Bertz CT molecular complexity index is 656. The molecule has 0 bridgehead atoms. The molecule has 0 aliphatic rings. The van der Waals surface area contributed by atoms with Gasteiger partial charge >= 0.3 is 5.88 Å². The molecule has 8 heteroatoms. The summed E-state index contributed by atoms with van der Waals surface area (Å²) in [4.78, 5) is 21.5. The van der Waals surface area contributed by atoms with Crippen molar-refractivity contribution in [3.05, 3.63) is 55.7 Å². The van der Waals surface area contributed by atoms with E-state index >= 15 is 0 Å². The topological polar surface area (TPSA) is 85.4 Å². The summed E-state index contributed by atoms with van der Waals surface area (Å²) in [6.45, 7) is 0. The van der Waals surface area contributed by atoms with Crippen LogP contribution in [0.4, 0.5) is 11.6 Å². The number of nitro groups is 1. The van der Waals surface area contributed by atoms with E-state index in [1.807, 2.05) is 0 Å². The summed E-state index contributed by atoms with van der Waals surface area (Å²) in [5.41, 5.74) is 0.375. The maximum Gasteiger partial charge on any atom is 0.433 e. The monoisotopic (exact) mass is 344 g/mol. The van der Waals surface area contributed by atoms with Crippen LogP contribution in [0.25, 0.3) is 0 Å². The van der Waals surface area contributed by atoms with Crippen LogP contribution in [0.1, 0.15) is 10.6 Å². The van der Waals surface area contributed by atoms with Gasteiger partial charge in [0.15, 0.2) is 5.76 Å². The molecule has 1 N–H and O–H groups in total. The number of carbonyl (C=O) groups excluding carboxylic acids is 1. The molecule has 1 aromatic carbocycles. The Balaban J connectivity index is 2.20. The van der Waals surface area contributed by atoms with Gasteiger partial charge in [-0.1, -0.05) is 27.5 Å². The molecule has 0 atom stereocenters. The van der Waals surface area contributed by atoms with Crippen LogP contribution < -0.4 is 5.32 Å². The quantitative estimate of drug-likeness (QED) is 0.676. The standard InChI is InChI=1S/C11H6BrClN2O4/c12-6-1-2-7(13)8(5-6)14-11(16)9-3-4-10(19-9)15(17)18/h1-5H,(H,14,16). The fourth-order valence-corrected chi connectivity index (χ4v) is 1.85. The van der Waals surface area contributed by atoms with Crippen LogP contribution in [0.15, 0.2) is 39.2 Å². The highest BCUT2D eigenvalue weighted by Crippen LogP contribution is 2.26. The summed E-state index contributed by atoms with van der Waals surface area (Å²) < 4.78 is 5.52. The lowest BCUT2D eigenvalue weighted by Gasteiger charge is -2.05. The highest BCUT2D eigenvalue weighted by Gasteiger charge is 2.18. The van der Waals surface area contributed by atoms with E-state index in [1.54, 1.807) is 18.2 Å². The van der Waals surface area contributed by atoms with Gasteiger partial charge in [0.1, 0.15) is 4.92 Å². The molecule has 19 heavy (non-hydrogen) atoms. The third kappa shape index (κ3) is 3.12. The lowest BCUT2D eigenvalue weighted by Crippen LogP contribution is -2.11. The van der Waals surface area contributed by atoms with Crippen molar-refractivity contribution in [1.82, 2.24) is 0 Å². The summed E-state index contributed by atoms with van der Waals surface area (Å²) in [6.07, 6.45) is 0. The van der Waals surface area contributed by atoms with Crippen LogP contribution in [0.3, 0.4) is 0 Å². The molecule has 6 nitrogen and oxygen atoms in total. The zero-order chi connectivity index (χ0) is 14.0. The van der Waals surface area contributed by atoms with Gasteiger partial charge in [-0.2, -0.15) is 0 Å². The maximum atomic E-state index is 11.8. The third-order valence-corrected chi connectivity index (χ3v) is 2.99. The fraction of sp³-hybridized carbons (Fsp3) is 0. The molecule has 98 valence electrons. The van der Waals surface area contributed by atoms with Crippen LogP contribution in [0.5, 0.6) is 0 Å². The van der Waals surface area contributed by atoms with Gasteiger partial charge in [-0.05, 0) is 24.3 Å². The zero-order valence-corrected chi connectivity index (χ0v) is 11.6. The van der Waals surface area contributed by atoms with E-state index in [0.29, 0.717) is 10.7 Å². The summed E-state index contributed by atoms with van der Waals surface area (Å²) in [5.74, 6) is -1.28. The van der Waals surface area contributed by atoms with E-state index in [-0.39, 0.29) is 5.76 Å². The molecular weight excluding hydrogens is 339 g/mol. The fourth-order valence-electron chi connectivity index (χ4n) is 1.33. The van der Waals surface area contributed by atoms with Gasteiger partial charge in [-0.15, -0.1) is 0 Å². The number of amides is 1. The summed E-state index contributed by atoms with van der Waals surface area (Å²) in [6, 6.07) is 7.26. The molecule has 0 unspecified atom stereocenters. The van der Waals surface area contributed by atoms with Crippen molar-refractivity contribution in [3.63, 3.8) is 0 Å². The van der Waals surface area contributed by atoms with Crippen molar-refractivity contribution < 1.29 is 14.1 Å². The summed E-state index contributed by atoms with van der Waals surface area (Å²) in [7, 11) is 0. The Morgan fingerprint density at radius 1 is 1.37 bits per heavy atom. The average molecular weight is 346 g/mol. The third-order valence-electron chi connectivity index (χ3n) is 2.17. The number of anilines is 1. The van der Waals surface area contributed by atoms with Gasteiger partial charge in [-0.3, -0.25) is 14.9 Å². The number of benzene rings is 1. The summed E-state index contributed by atoms with van der Waals surface area (Å²) in [5, 5.41) is 13.3. The van der Waals surface area contributed by atoms with Crippen molar-refractivity contribution in [1.29, 1.82) is 0 Å². The number of rotatable bonds is 3. The minimum atomic E-state index is -0.719. The number of nitrogens with zero attached hydrogens (tertiary/aromatic N) is 1. The number of halogens is 2. The molecule has 1 aromatic heterocycles. The normalized spacial score (nSPS) is 10.2. The van der Waals surface area contributed by atoms with E-state index in [4.69, 9.17) is 16.0 Å². The molecule has 0 aliphatic heterocycles. The van der Waals surface area contributed by atoms with Crippen LogP contribution in [0.2, 0.25) is 5.02 Å². The number of hydrogen-bond acceptors (Lipinski definition) is 4. The minimum absolute atomic E-state index is 0.164. The molecule has 0 saturated heterocycles. The van der Waals surface area contributed by atoms with E-state index in [9.17, 15) is 14.9 Å². The number of furan rings is 1. The second-order valence-electron chi connectivity index (χ2n) is 3.47. The van der Waals surface area contributed by atoms with Crippen LogP contribution in [-0.4, -0.2) is 10.8 Å². The Hall–Kier alpha value is -1.86. The van der Waals surface area contributed by atoms with Gasteiger partial charge in [0.05, 0.1) is 16.8 Å². The van der Waals surface area contributed by atoms with Crippen molar-refractivity contribution in [2.45, 2.75) is 0 Å². The summed E-state index contributed by atoms with van der Waals surface area (Å²) >= 11 is 9.15. The molecule has 0 fully saturated rings. The van der Waals surface area contributed by atoms with Crippen molar-refractivity contribution in [3.8, 4) is 0 Å². The predicted molar refractivity (Wildman–Crippen MR) is 72.5 cm³/mol. The van der Waals surface area contributed by atoms with Gasteiger partial charge in [0.25, 0.3) is 5.91 Å². The Labute approximate surface area is 120 Å². The van der Waals surface area contributed by atoms with Crippen LogP contribution in [-0.2, 0) is 0 Å². The molecular formula is C11H6BrClN2O4. The molecule has 0 saturated carbocycles. The highest BCUT2D eigenvalue weighted by molar-refractivity contribution is 9.10. The smallest absolute Gasteiger partial charge is 0.395 e. The van der Waals surface area contributed by atoms with Crippen LogP contribution in [0, 0.1) is 10.1 Å². The molecule has 1 heterocycles. The van der Waals surface area contributed by atoms with Gasteiger partial charge < -0.3 is 9.73 Å². The lowest BCUT2D eigenvalue weighted by molar-refractivity contribution is -0.402. The SMILES string of the molecule is O=C(Nc1cc(Br)ccc1Cl)c1ccc([N+](=O)[O-])o1. The van der Waals surface area contributed by atoms with E-state index in [0.717, 1.165) is 10.5 Å². The lowest BCUT2D eigenvalue weighted by atomic mass is 10.3. The number of nitrogens with one attached hydrogen (secondary N) is 1. The van der Waals surface area contributed by atoms with Gasteiger partial charge in [-0.25, -0.2) is 0 Å². The van der Waals surface area contributed by atoms with Crippen LogP contribution >= 0.6 is 27.5 Å². The Morgan fingerprint density at radius 2 is 2.11 bits per heavy atom. The van der Waals surface area contributed by atoms with E-state index < -0.39 is 16.7 Å². The largest absolute Gasteiger partial charge is 0.433 e. The molecule has 0 aliphatic carbocycles. The van der Waals surface area contributed by atoms with Crippen molar-refractivity contribution >= 4 is 45.0 Å². The Morgan fingerprint density at radius 3 is 2.74 bits per heavy atom. The Kier molecular flexibility index (Phi) is 3.87. The average Bonchev–Trinajstić information content (AvgIpc) is 2.83. The van der Waals surface area contributed by atoms with E-state index in [1.165, 1.54) is 6.07 Å². The van der Waals surface area contributed by atoms with Gasteiger partial charge in [0.2, 0.25) is 0 Å². The predicted octanol–water partition coefficient (Wildman–Crippen LogP) is 3.86. The van der Waals surface area contributed by atoms with Crippen molar-refractivity contribution in [2.75, 3.05) is 5.32 Å². The number of carbonyl (C=O) groups is 1. The molecule has 2 aromatic rings. The molecule has 0 spiro atoms. The zero-order valence-electron chi connectivity index (χ0n) is 9.22. The van der Waals surface area contributed by atoms with Crippen molar-refractivity contribution in [2.24, 2.45) is 0 Å². The first-order valence-corrected chi connectivity index (χ1v) is 6.15. The second kappa shape index (κ2) is 5.41. The van der Waals surface area contributed by atoms with E-state index in [2.05, 4.69) is 21.2 Å². The van der Waals surface area contributed by atoms with Gasteiger partial charge in [0, 0.05) is 4.47 Å².